The summed E-state index contributed by atoms with van der Waals surface area (Å²) in [5, 5.41) is 10.2. The average molecular weight is 443 g/mol. The fraction of sp³-hybridized carbons (Fsp3) is 0.222. The van der Waals surface area contributed by atoms with Crippen molar-refractivity contribution in [3.8, 4) is 0 Å². The molecule has 0 bridgehead atoms. The molecule has 2 amide bonds. The lowest BCUT2D eigenvalue weighted by molar-refractivity contribution is -0.161. The number of carbonyl (C=O) groups excluding carboxylic acids is 2. The van der Waals surface area contributed by atoms with Crippen LogP contribution in [-0.4, -0.2) is 39.2 Å². The average Bonchev–Trinajstić information content (AvgIpc) is 3.17. The normalized spacial score (nSPS) is 17.7. The Bertz CT molecular complexity index is 1080. The van der Waals surface area contributed by atoms with Crippen LogP contribution in [0.1, 0.15) is 23.1 Å². The Morgan fingerprint density at radius 2 is 1.24 bits per heavy atom. The maximum atomic E-state index is 13.8. The summed E-state index contributed by atoms with van der Waals surface area (Å²) in [6.45, 7) is 0.654. The minimum atomic E-state index is -1.81. The van der Waals surface area contributed by atoms with Gasteiger partial charge in [-0.25, -0.2) is 0 Å². The van der Waals surface area contributed by atoms with Gasteiger partial charge < -0.3 is 14.9 Å². The van der Waals surface area contributed by atoms with Crippen molar-refractivity contribution in [2.75, 3.05) is 6.54 Å². The van der Waals surface area contributed by atoms with Crippen LogP contribution >= 0.6 is 0 Å². The van der Waals surface area contributed by atoms with Gasteiger partial charge in [-0.2, -0.15) is 0 Å². The van der Waals surface area contributed by atoms with Crippen LogP contribution in [0.3, 0.4) is 0 Å². The van der Waals surface area contributed by atoms with Crippen LogP contribution in [0.25, 0.3) is 0 Å². The maximum absolute atomic E-state index is 13.8. The molecule has 168 valence electrons. The van der Waals surface area contributed by atoms with Gasteiger partial charge in [0.25, 0.3) is 0 Å². The predicted octanol–water partition coefficient (Wildman–Crippen LogP) is 3.72. The van der Waals surface area contributed by atoms with Crippen LogP contribution in [0.5, 0.6) is 0 Å². The summed E-state index contributed by atoms with van der Waals surface area (Å²) in [5.41, 5.74) is 0.876. The highest BCUT2D eigenvalue weighted by Gasteiger charge is 2.56. The number of carboxylic acid groups (broad SMARTS) is 1. The molecule has 6 nitrogen and oxygen atoms in total. The van der Waals surface area contributed by atoms with Gasteiger partial charge in [0.15, 0.2) is 5.41 Å². The van der Waals surface area contributed by atoms with Crippen LogP contribution in [0, 0.1) is 5.41 Å². The number of aliphatic carboxylic acids is 1. The highest BCUT2D eigenvalue weighted by atomic mass is 16.4. The summed E-state index contributed by atoms with van der Waals surface area (Å²) < 4.78 is 0. The van der Waals surface area contributed by atoms with Gasteiger partial charge in [-0.3, -0.25) is 14.4 Å². The molecule has 1 saturated heterocycles. The number of nitrogens with zero attached hydrogens (tertiary/aromatic N) is 2. The molecule has 1 unspecified atom stereocenters. The van der Waals surface area contributed by atoms with E-state index in [1.807, 2.05) is 91.0 Å². The zero-order valence-corrected chi connectivity index (χ0v) is 18.3. The van der Waals surface area contributed by atoms with E-state index in [4.69, 9.17) is 0 Å². The third-order valence-corrected chi connectivity index (χ3v) is 6.02. The molecule has 1 aliphatic rings. The standard InChI is InChI=1S/C27H26N2O4/c30-24-16-27(26(32)33,20-29(24)19-23-14-8-3-9-15-23)25(31)28(17-21-10-4-1-5-11-21)18-22-12-6-2-7-13-22/h1-15H,16-20H2,(H,32,33). The van der Waals surface area contributed by atoms with E-state index in [1.54, 1.807) is 4.90 Å². The zero-order chi connectivity index (χ0) is 23.3. The minimum Gasteiger partial charge on any atom is -0.480 e. The molecule has 0 radical (unpaired) electrons. The number of likely N-dealkylation sites (tertiary alicyclic amines) is 1. The molecule has 1 N–H and O–H groups in total. The number of amides is 2. The van der Waals surface area contributed by atoms with Gasteiger partial charge in [-0.1, -0.05) is 91.0 Å². The van der Waals surface area contributed by atoms with E-state index in [0.717, 1.165) is 16.7 Å². The number of rotatable bonds is 8. The molecule has 0 spiro atoms. The SMILES string of the molecule is O=C1CC(C(=O)O)(C(=O)N(Cc2ccccc2)Cc2ccccc2)CN1Cc1ccccc1. The summed E-state index contributed by atoms with van der Waals surface area (Å²) in [4.78, 5) is 42.2. The summed E-state index contributed by atoms with van der Waals surface area (Å²) in [6.07, 6.45) is -0.339. The highest BCUT2D eigenvalue weighted by molar-refractivity contribution is 6.07. The minimum absolute atomic E-state index is 0.144. The van der Waals surface area contributed by atoms with Crippen molar-refractivity contribution in [3.05, 3.63) is 108 Å². The fourth-order valence-electron chi connectivity index (χ4n) is 4.28. The van der Waals surface area contributed by atoms with E-state index in [1.165, 1.54) is 4.90 Å². The van der Waals surface area contributed by atoms with Gasteiger partial charge in [0.2, 0.25) is 11.8 Å². The van der Waals surface area contributed by atoms with Crippen molar-refractivity contribution in [3.63, 3.8) is 0 Å². The van der Waals surface area contributed by atoms with Crippen molar-refractivity contribution in [1.82, 2.24) is 9.80 Å². The summed E-state index contributed by atoms with van der Waals surface area (Å²) >= 11 is 0. The Balaban J connectivity index is 1.63. The number of carboxylic acids is 1. The molecular formula is C27H26N2O4. The molecule has 6 heteroatoms. The Labute approximate surface area is 193 Å². The smallest absolute Gasteiger partial charge is 0.321 e. The predicted molar refractivity (Wildman–Crippen MR) is 124 cm³/mol. The van der Waals surface area contributed by atoms with E-state index in [2.05, 4.69) is 0 Å². The van der Waals surface area contributed by atoms with Gasteiger partial charge in [-0.15, -0.1) is 0 Å². The Morgan fingerprint density at radius 1 is 0.788 bits per heavy atom. The number of carbonyl (C=O) groups is 3. The van der Waals surface area contributed by atoms with E-state index in [9.17, 15) is 19.5 Å². The molecule has 3 aromatic rings. The molecule has 1 heterocycles. The molecule has 1 fully saturated rings. The van der Waals surface area contributed by atoms with Gasteiger partial charge in [-0.05, 0) is 16.7 Å². The summed E-state index contributed by atoms with van der Waals surface area (Å²) in [5.74, 6) is -2.12. The van der Waals surface area contributed by atoms with Crippen molar-refractivity contribution in [2.24, 2.45) is 5.41 Å². The third-order valence-electron chi connectivity index (χ3n) is 6.02. The second kappa shape index (κ2) is 9.69. The molecule has 3 aromatic carbocycles. The molecule has 4 rings (SSSR count). The lowest BCUT2D eigenvalue weighted by atomic mass is 9.85. The molecule has 0 saturated carbocycles. The van der Waals surface area contributed by atoms with E-state index < -0.39 is 17.3 Å². The molecule has 1 aliphatic heterocycles. The largest absolute Gasteiger partial charge is 0.480 e. The molecular weight excluding hydrogens is 416 g/mol. The Hall–Kier alpha value is -3.93. The first-order chi connectivity index (χ1) is 16.0. The van der Waals surface area contributed by atoms with Crippen LogP contribution < -0.4 is 0 Å². The monoisotopic (exact) mass is 442 g/mol. The first-order valence-corrected chi connectivity index (χ1v) is 10.9. The molecule has 1 atom stereocenters. The Morgan fingerprint density at radius 3 is 1.70 bits per heavy atom. The summed E-state index contributed by atoms with van der Waals surface area (Å²) in [7, 11) is 0. The first-order valence-electron chi connectivity index (χ1n) is 10.9. The zero-order valence-electron chi connectivity index (χ0n) is 18.3. The maximum Gasteiger partial charge on any atom is 0.321 e. The van der Waals surface area contributed by atoms with Gasteiger partial charge in [0.05, 0.1) is 6.42 Å². The quantitative estimate of drug-likeness (QED) is 0.540. The fourth-order valence-corrected chi connectivity index (χ4v) is 4.28. The summed E-state index contributed by atoms with van der Waals surface area (Å²) in [6, 6.07) is 28.3. The number of benzene rings is 3. The van der Waals surface area contributed by atoms with Gasteiger partial charge in [0.1, 0.15) is 0 Å². The lowest BCUT2D eigenvalue weighted by Gasteiger charge is -2.31. The second-order valence-electron chi connectivity index (χ2n) is 8.43. The van der Waals surface area contributed by atoms with Crippen LogP contribution in [0.15, 0.2) is 91.0 Å². The third kappa shape index (κ3) is 4.95. The second-order valence-corrected chi connectivity index (χ2v) is 8.43. The van der Waals surface area contributed by atoms with Gasteiger partial charge in [0, 0.05) is 26.2 Å². The van der Waals surface area contributed by atoms with E-state index in [-0.39, 0.29) is 38.5 Å². The Kier molecular flexibility index (Phi) is 6.54. The van der Waals surface area contributed by atoms with Crippen molar-refractivity contribution in [2.45, 2.75) is 26.1 Å². The molecule has 0 aliphatic carbocycles. The molecule has 0 aromatic heterocycles. The van der Waals surface area contributed by atoms with Crippen molar-refractivity contribution >= 4 is 17.8 Å². The van der Waals surface area contributed by atoms with Gasteiger partial charge >= 0.3 is 5.97 Å². The van der Waals surface area contributed by atoms with Crippen LogP contribution in [0.4, 0.5) is 0 Å². The van der Waals surface area contributed by atoms with Crippen molar-refractivity contribution < 1.29 is 19.5 Å². The highest BCUT2D eigenvalue weighted by Crippen LogP contribution is 2.36. The number of hydrogen-bond donors (Lipinski definition) is 1. The van der Waals surface area contributed by atoms with Crippen LogP contribution in [-0.2, 0) is 34.0 Å². The van der Waals surface area contributed by atoms with Crippen molar-refractivity contribution in [1.29, 1.82) is 0 Å². The molecule has 33 heavy (non-hydrogen) atoms. The first kappa shape index (κ1) is 22.3. The topological polar surface area (TPSA) is 77.9 Å². The number of hydrogen-bond acceptors (Lipinski definition) is 3. The van der Waals surface area contributed by atoms with Crippen LogP contribution in [0.2, 0.25) is 0 Å². The van der Waals surface area contributed by atoms with E-state index >= 15 is 0 Å². The van der Waals surface area contributed by atoms with E-state index in [0.29, 0.717) is 0 Å². The lowest BCUT2D eigenvalue weighted by Crippen LogP contribution is -2.49.